The highest BCUT2D eigenvalue weighted by atomic mass is 16.5. The van der Waals surface area contributed by atoms with Gasteiger partial charge in [0, 0.05) is 37.1 Å². The Morgan fingerprint density at radius 3 is 2.39 bits per heavy atom. The summed E-state index contributed by atoms with van der Waals surface area (Å²) in [5, 5.41) is 2.23. The first-order valence-electron chi connectivity index (χ1n) is 10.1. The molecule has 0 fully saturated rings. The molecule has 4 aromatic rings. The molecular formula is C26H24N2O3. The van der Waals surface area contributed by atoms with E-state index in [1.165, 1.54) is 0 Å². The normalized spacial score (nSPS) is 10.6. The van der Waals surface area contributed by atoms with Gasteiger partial charge in [-0.05, 0) is 64.9 Å². The van der Waals surface area contributed by atoms with Gasteiger partial charge in [-0.2, -0.15) is 0 Å². The fourth-order valence-corrected chi connectivity index (χ4v) is 3.41. The van der Waals surface area contributed by atoms with Crippen molar-refractivity contribution < 1.29 is 14.3 Å². The van der Waals surface area contributed by atoms with Gasteiger partial charge in [0.2, 0.25) is 0 Å². The number of benzene rings is 3. The Morgan fingerprint density at radius 2 is 1.65 bits per heavy atom. The second kappa shape index (κ2) is 9.30. The van der Waals surface area contributed by atoms with Gasteiger partial charge < -0.3 is 14.4 Å². The smallest absolute Gasteiger partial charge is 0.253 e. The first kappa shape index (κ1) is 20.4. The van der Waals surface area contributed by atoms with Crippen molar-refractivity contribution in [3.8, 4) is 11.5 Å². The van der Waals surface area contributed by atoms with E-state index in [1.807, 2.05) is 55.6 Å². The number of carbonyl (C=O) groups is 1. The van der Waals surface area contributed by atoms with Crippen LogP contribution in [0, 0.1) is 0 Å². The number of hydrogen-bond acceptors (Lipinski definition) is 4. The predicted octanol–water partition coefficient (Wildman–Crippen LogP) is 5.09. The van der Waals surface area contributed by atoms with E-state index in [-0.39, 0.29) is 5.91 Å². The molecule has 0 saturated carbocycles. The van der Waals surface area contributed by atoms with Crippen molar-refractivity contribution >= 4 is 16.7 Å². The van der Waals surface area contributed by atoms with E-state index in [1.54, 1.807) is 36.5 Å². The van der Waals surface area contributed by atoms with Crippen LogP contribution in [0.4, 0.5) is 0 Å². The largest absolute Gasteiger partial charge is 0.497 e. The van der Waals surface area contributed by atoms with Crippen LogP contribution >= 0.6 is 0 Å². The lowest BCUT2D eigenvalue weighted by molar-refractivity contribution is 0.0785. The van der Waals surface area contributed by atoms with Gasteiger partial charge in [-0.1, -0.05) is 24.3 Å². The summed E-state index contributed by atoms with van der Waals surface area (Å²) in [6, 6.07) is 23.3. The molecule has 5 heteroatoms. The number of hydrogen-bond donors (Lipinski definition) is 0. The molecule has 0 aliphatic heterocycles. The summed E-state index contributed by atoms with van der Waals surface area (Å²) in [6.45, 7) is 0.967. The van der Waals surface area contributed by atoms with Crippen LogP contribution in [0.15, 0.2) is 85.2 Å². The number of methoxy groups -OCH3 is 1. The maximum absolute atomic E-state index is 12.8. The summed E-state index contributed by atoms with van der Waals surface area (Å²) < 4.78 is 11.0. The second-order valence-corrected chi connectivity index (χ2v) is 7.38. The van der Waals surface area contributed by atoms with Crippen molar-refractivity contribution in [2.45, 2.75) is 13.2 Å². The number of fused-ring (bicyclic) bond motifs is 1. The number of amides is 1. The summed E-state index contributed by atoms with van der Waals surface area (Å²) in [7, 11) is 3.48. The van der Waals surface area contributed by atoms with Gasteiger partial charge in [-0.3, -0.25) is 9.78 Å². The Kier molecular flexibility index (Phi) is 6.13. The minimum atomic E-state index is -0.0337. The van der Waals surface area contributed by atoms with Crippen molar-refractivity contribution in [1.82, 2.24) is 9.88 Å². The van der Waals surface area contributed by atoms with Crippen molar-refractivity contribution in [1.29, 1.82) is 0 Å². The molecule has 0 aliphatic rings. The third-order valence-electron chi connectivity index (χ3n) is 5.11. The monoisotopic (exact) mass is 412 g/mol. The van der Waals surface area contributed by atoms with Crippen LogP contribution in [0.2, 0.25) is 0 Å². The van der Waals surface area contributed by atoms with Crippen molar-refractivity contribution in [2.75, 3.05) is 14.2 Å². The van der Waals surface area contributed by atoms with Crippen LogP contribution in [0.3, 0.4) is 0 Å². The molecule has 31 heavy (non-hydrogen) atoms. The molecule has 0 saturated heterocycles. The Morgan fingerprint density at radius 1 is 0.903 bits per heavy atom. The van der Waals surface area contributed by atoms with Gasteiger partial charge in [-0.15, -0.1) is 0 Å². The van der Waals surface area contributed by atoms with Gasteiger partial charge in [-0.25, -0.2) is 0 Å². The quantitative estimate of drug-likeness (QED) is 0.424. The number of carbonyl (C=O) groups excluding carboxylic acids is 1. The highest BCUT2D eigenvalue weighted by Gasteiger charge is 2.12. The van der Waals surface area contributed by atoms with E-state index in [0.29, 0.717) is 24.5 Å². The molecule has 0 aliphatic carbocycles. The first-order chi connectivity index (χ1) is 15.1. The molecule has 3 aromatic carbocycles. The van der Waals surface area contributed by atoms with Gasteiger partial charge in [0.1, 0.15) is 18.1 Å². The Labute approximate surface area is 181 Å². The van der Waals surface area contributed by atoms with E-state index in [2.05, 4.69) is 17.1 Å². The predicted molar refractivity (Wildman–Crippen MR) is 121 cm³/mol. The van der Waals surface area contributed by atoms with Crippen LogP contribution in [-0.2, 0) is 13.2 Å². The molecule has 1 heterocycles. The van der Waals surface area contributed by atoms with Crippen LogP contribution in [0.25, 0.3) is 10.8 Å². The lowest BCUT2D eigenvalue weighted by Gasteiger charge is -2.18. The third-order valence-corrected chi connectivity index (χ3v) is 5.11. The molecule has 0 atom stereocenters. The highest BCUT2D eigenvalue weighted by molar-refractivity contribution is 5.94. The fourth-order valence-electron chi connectivity index (χ4n) is 3.41. The Balaban J connectivity index is 1.39. The van der Waals surface area contributed by atoms with Crippen LogP contribution in [0.1, 0.15) is 21.5 Å². The zero-order valence-corrected chi connectivity index (χ0v) is 17.6. The highest BCUT2D eigenvalue weighted by Crippen LogP contribution is 2.23. The topological polar surface area (TPSA) is 51.7 Å². The average Bonchev–Trinajstić information content (AvgIpc) is 2.83. The number of pyridine rings is 1. The first-order valence-corrected chi connectivity index (χ1v) is 10.1. The molecule has 0 spiro atoms. The molecule has 5 nitrogen and oxygen atoms in total. The van der Waals surface area contributed by atoms with Crippen LogP contribution < -0.4 is 9.47 Å². The molecule has 156 valence electrons. The zero-order valence-electron chi connectivity index (χ0n) is 17.6. The minimum absolute atomic E-state index is 0.0337. The number of nitrogens with zero attached hydrogens (tertiary/aromatic N) is 2. The summed E-state index contributed by atoms with van der Waals surface area (Å²) in [4.78, 5) is 18.6. The van der Waals surface area contributed by atoms with Crippen molar-refractivity contribution in [3.05, 3.63) is 102 Å². The van der Waals surface area contributed by atoms with E-state index in [9.17, 15) is 4.79 Å². The summed E-state index contributed by atoms with van der Waals surface area (Å²) in [5.74, 6) is 1.52. The maximum Gasteiger partial charge on any atom is 0.253 e. The van der Waals surface area contributed by atoms with Crippen molar-refractivity contribution in [2.24, 2.45) is 0 Å². The third kappa shape index (κ3) is 5.01. The summed E-state index contributed by atoms with van der Waals surface area (Å²) in [6.07, 6.45) is 3.51. The number of rotatable bonds is 7. The zero-order chi connectivity index (χ0) is 21.6. The number of aromatic nitrogens is 1. The van der Waals surface area contributed by atoms with E-state index in [4.69, 9.17) is 9.47 Å². The Hall–Kier alpha value is -3.86. The van der Waals surface area contributed by atoms with Gasteiger partial charge in [0.15, 0.2) is 0 Å². The molecule has 0 radical (unpaired) electrons. The fraction of sp³-hybridized carbons (Fsp3) is 0.154. The average molecular weight is 412 g/mol. The lowest BCUT2D eigenvalue weighted by atomic mass is 10.1. The second-order valence-electron chi connectivity index (χ2n) is 7.38. The standard InChI is InChI=1S/C26H24N2O3/c1-28(17-19-5-6-23-15-25(30-2)12-9-22(23)14-19)26(29)21-7-10-24(11-8-21)31-18-20-4-3-13-27-16-20/h3-16H,17-18H2,1-2H3. The molecule has 0 unspecified atom stereocenters. The van der Waals surface area contributed by atoms with E-state index in [0.717, 1.165) is 27.6 Å². The lowest BCUT2D eigenvalue weighted by Crippen LogP contribution is -2.26. The minimum Gasteiger partial charge on any atom is -0.497 e. The van der Waals surface area contributed by atoms with Crippen molar-refractivity contribution in [3.63, 3.8) is 0 Å². The van der Waals surface area contributed by atoms with E-state index >= 15 is 0 Å². The van der Waals surface area contributed by atoms with E-state index < -0.39 is 0 Å². The maximum atomic E-state index is 12.8. The van der Waals surface area contributed by atoms with Gasteiger partial charge in [0.25, 0.3) is 5.91 Å². The molecule has 0 bridgehead atoms. The van der Waals surface area contributed by atoms with Crippen LogP contribution in [-0.4, -0.2) is 29.9 Å². The number of ether oxygens (including phenoxy) is 2. The molecule has 0 N–H and O–H groups in total. The summed E-state index contributed by atoms with van der Waals surface area (Å²) in [5.41, 5.74) is 2.70. The van der Waals surface area contributed by atoms with Gasteiger partial charge in [0.05, 0.1) is 7.11 Å². The summed E-state index contributed by atoms with van der Waals surface area (Å²) >= 11 is 0. The molecule has 1 amide bonds. The SMILES string of the molecule is COc1ccc2cc(CN(C)C(=O)c3ccc(OCc4cccnc4)cc3)ccc2c1. The van der Waals surface area contributed by atoms with Crippen LogP contribution in [0.5, 0.6) is 11.5 Å². The van der Waals surface area contributed by atoms with Gasteiger partial charge >= 0.3 is 0 Å². The molecular weight excluding hydrogens is 388 g/mol. The Bertz CT molecular complexity index is 1170. The molecule has 1 aromatic heterocycles. The molecule has 4 rings (SSSR count).